The van der Waals surface area contributed by atoms with E-state index in [4.69, 9.17) is 0 Å². The molecule has 0 fully saturated rings. The Balaban J connectivity index is 2.67. The third-order valence-corrected chi connectivity index (χ3v) is 2.00. The van der Waals surface area contributed by atoms with Crippen molar-refractivity contribution in [3.63, 3.8) is 0 Å². The largest absolute Gasteiger partial charge is 0.290 e. The van der Waals surface area contributed by atoms with Crippen molar-refractivity contribution in [1.82, 2.24) is 10.2 Å². The summed E-state index contributed by atoms with van der Waals surface area (Å²) < 4.78 is 0. The number of fused-ring (bicyclic) bond motifs is 2. The molecule has 1 N–H and O–H groups in total. The number of hydrogen-bond acceptors (Lipinski definition) is 4. The highest BCUT2D eigenvalue weighted by molar-refractivity contribution is 5.89. The first kappa shape index (κ1) is 6.47. The third-order valence-electron chi connectivity index (χ3n) is 2.00. The molecule has 2 aliphatic rings. The van der Waals surface area contributed by atoms with E-state index < -0.39 is 0 Å². The molecule has 1 aromatic heterocycles. The SMILES string of the molecule is O=c1[nH]ncc2c1=NC1=CC=NC=21. The summed E-state index contributed by atoms with van der Waals surface area (Å²) in [6.45, 7) is 0. The normalized spacial score (nSPS) is 16.6. The molecule has 5 heteroatoms. The Bertz CT molecular complexity index is 620. The van der Waals surface area contributed by atoms with Gasteiger partial charge in [-0.3, -0.25) is 9.79 Å². The van der Waals surface area contributed by atoms with Gasteiger partial charge in [0.2, 0.25) is 0 Å². The van der Waals surface area contributed by atoms with E-state index in [1.54, 1.807) is 18.5 Å². The highest BCUT2D eigenvalue weighted by Gasteiger charge is 2.15. The third kappa shape index (κ3) is 0.703. The van der Waals surface area contributed by atoms with Crippen molar-refractivity contribution in [1.29, 1.82) is 0 Å². The van der Waals surface area contributed by atoms with Crippen LogP contribution < -0.4 is 16.1 Å². The van der Waals surface area contributed by atoms with Gasteiger partial charge in [-0.15, -0.1) is 0 Å². The Hall–Kier alpha value is -2.04. The predicted octanol–water partition coefficient (Wildman–Crippen LogP) is -1.52. The molecule has 0 spiro atoms. The number of aromatic nitrogens is 2. The van der Waals surface area contributed by atoms with Crippen LogP contribution in [0.3, 0.4) is 0 Å². The van der Waals surface area contributed by atoms with Gasteiger partial charge < -0.3 is 0 Å². The molecule has 0 saturated heterocycles. The summed E-state index contributed by atoms with van der Waals surface area (Å²) in [5.41, 5.74) is 1.22. The Morgan fingerprint density at radius 3 is 3.23 bits per heavy atom. The minimum absolute atomic E-state index is 0.268. The van der Waals surface area contributed by atoms with E-state index in [2.05, 4.69) is 20.2 Å². The van der Waals surface area contributed by atoms with Gasteiger partial charge in [-0.05, 0) is 6.08 Å². The highest BCUT2D eigenvalue weighted by atomic mass is 16.1. The molecule has 3 rings (SSSR count). The summed E-state index contributed by atoms with van der Waals surface area (Å²) in [7, 11) is 0. The molecule has 1 aromatic rings. The van der Waals surface area contributed by atoms with Gasteiger partial charge in [0.15, 0.2) is 0 Å². The first-order valence-electron chi connectivity index (χ1n) is 3.78. The van der Waals surface area contributed by atoms with Crippen molar-refractivity contribution < 1.29 is 0 Å². The monoisotopic (exact) mass is 172 g/mol. The molecule has 0 aliphatic carbocycles. The Labute approximate surface area is 71.9 Å². The van der Waals surface area contributed by atoms with Crippen molar-refractivity contribution in [3.05, 3.63) is 38.9 Å². The molecule has 0 bridgehead atoms. The maximum Gasteiger partial charge on any atom is 0.290 e. The predicted molar refractivity (Wildman–Crippen MR) is 45.6 cm³/mol. The van der Waals surface area contributed by atoms with E-state index in [1.807, 2.05) is 0 Å². The number of nitrogens with one attached hydrogen (secondary N) is 1. The first-order valence-corrected chi connectivity index (χ1v) is 3.78. The zero-order chi connectivity index (χ0) is 8.84. The smallest absolute Gasteiger partial charge is 0.266 e. The van der Waals surface area contributed by atoms with Crippen LogP contribution in [0.5, 0.6) is 0 Å². The van der Waals surface area contributed by atoms with Crippen molar-refractivity contribution in [2.24, 2.45) is 9.98 Å². The fourth-order valence-corrected chi connectivity index (χ4v) is 1.42. The van der Waals surface area contributed by atoms with Crippen LogP contribution in [0.4, 0.5) is 0 Å². The van der Waals surface area contributed by atoms with E-state index in [-0.39, 0.29) is 5.56 Å². The van der Waals surface area contributed by atoms with E-state index in [1.165, 1.54) is 0 Å². The van der Waals surface area contributed by atoms with Crippen LogP contribution in [0, 0.1) is 0 Å². The minimum Gasteiger partial charge on any atom is -0.266 e. The van der Waals surface area contributed by atoms with Crippen LogP contribution in [-0.2, 0) is 0 Å². The van der Waals surface area contributed by atoms with Crippen molar-refractivity contribution >= 4 is 11.9 Å². The fourth-order valence-electron chi connectivity index (χ4n) is 1.42. The average molecular weight is 172 g/mol. The van der Waals surface area contributed by atoms with Gasteiger partial charge in [0, 0.05) is 6.21 Å². The van der Waals surface area contributed by atoms with Gasteiger partial charge in [0.1, 0.15) is 5.36 Å². The highest BCUT2D eigenvalue weighted by Crippen LogP contribution is 2.17. The van der Waals surface area contributed by atoms with Crippen LogP contribution in [0.2, 0.25) is 0 Å². The fraction of sp³-hybridized carbons (Fsp3) is 0. The van der Waals surface area contributed by atoms with Gasteiger partial charge in [-0.2, -0.15) is 5.10 Å². The molecule has 0 saturated carbocycles. The lowest BCUT2D eigenvalue weighted by molar-refractivity contribution is 0.949. The summed E-state index contributed by atoms with van der Waals surface area (Å²) in [5.74, 6) is 0. The van der Waals surface area contributed by atoms with E-state index in [0.717, 1.165) is 11.4 Å². The number of allylic oxidation sites excluding steroid dienone is 1. The standard InChI is InChI=1S/C8H4N4O/c13-8-7-4(3-10-12-8)6-5(11-7)1-2-9-6/h1-3H,(H,12,13). The summed E-state index contributed by atoms with van der Waals surface area (Å²) in [5, 5.41) is 7.15. The molecule has 5 nitrogen and oxygen atoms in total. The van der Waals surface area contributed by atoms with Crippen molar-refractivity contribution in [3.8, 4) is 0 Å². The van der Waals surface area contributed by atoms with Crippen LogP contribution in [0.1, 0.15) is 0 Å². The molecule has 0 aromatic carbocycles. The molecule has 62 valence electrons. The lowest BCUT2D eigenvalue weighted by Crippen LogP contribution is -2.40. The summed E-state index contributed by atoms with van der Waals surface area (Å²) in [6.07, 6.45) is 5.01. The maximum absolute atomic E-state index is 11.2. The summed E-state index contributed by atoms with van der Waals surface area (Å²) in [6, 6.07) is 0. The lowest BCUT2D eigenvalue weighted by Gasteiger charge is -1.85. The Kier molecular flexibility index (Phi) is 0.999. The maximum atomic E-state index is 11.2. The summed E-state index contributed by atoms with van der Waals surface area (Å²) >= 11 is 0. The molecule has 13 heavy (non-hydrogen) atoms. The number of nitrogens with zero attached hydrogens (tertiary/aromatic N) is 3. The van der Waals surface area contributed by atoms with Crippen LogP contribution >= 0.6 is 0 Å². The van der Waals surface area contributed by atoms with Gasteiger partial charge in [-0.25, -0.2) is 10.1 Å². The molecular weight excluding hydrogens is 168 g/mol. The Morgan fingerprint density at radius 1 is 1.38 bits per heavy atom. The van der Waals surface area contributed by atoms with E-state index >= 15 is 0 Å². The van der Waals surface area contributed by atoms with Gasteiger partial charge in [0.25, 0.3) is 5.56 Å². The number of aliphatic imine (C=N–C) groups is 1. The number of hydrogen-bond donors (Lipinski definition) is 1. The quantitative estimate of drug-likeness (QED) is 0.516. The van der Waals surface area contributed by atoms with E-state index in [0.29, 0.717) is 10.6 Å². The lowest BCUT2D eigenvalue weighted by atomic mass is 10.3. The number of aromatic amines is 1. The second-order valence-corrected chi connectivity index (χ2v) is 2.75. The average Bonchev–Trinajstić information content (AvgIpc) is 2.65. The molecule has 3 heterocycles. The van der Waals surface area contributed by atoms with Gasteiger partial charge in [-0.1, -0.05) is 0 Å². The topological polar surface area (TPSA) is 70.5 Å². The van der Waals surface area contributed by atoms with E-state index in [9.17, 15) is 4.79 Å². The Morgan fingerprint density at radius 2 is 2.31 bits per heavy atom. The molecule has 0 atom stereocenters. The second kappa shape index (κ2) is 2.01. The molecule has 0 unspecified atom stereocenters. The number of rotatable bonds is 0. The van der Waals surface area contributed by atoms with Gasteiger partial charge in [0.05, 0.1) is 22.8 Å². The molecule has 2 aliphatic heterocycles. The zero-order valence-electron chi connectivity index (χ0n) is 6.48. The van der Waals surface area contributed by atoms with Crippen LogP contribution in [-0.4, -0.2) is 16.4 Å². The summed E-state index contributed by atoms with van der Waals surface area (Å²) in [4.78, 5) is 19.5. The molecular formula is C8H4N4O. The van der Waals surface area contributed by atoms with Gasteiger partial charge >= 0.3 is 0 Å². The van der Waals surface area contributed by atoms with Crippen LogP contribution in [0.15, 0.2) is 32.7 Å². The second-order valence-electron chi connectivity index (χ2n) is 2.75. The minimum atomic E-state index is -0.268. The van der Waals surface area contributed by atoms with Crippen molar-refractivity contribution in [2.75, 3.05) is 0 Å². The van der Waals surface area contributed by atoms with Crippen molar-refractivity contribution in [2.45, 2.75) is 0 Å². The number of H-pyrrole nitrogens is 1. The first-order chi connectivity index (χ1) is 6.36. The molecule has 0 amide bonds. The van der Waals surface area contributed by atoms with Crippen LogP contribution in [0.25, 0.3) is 5.70 Å². The zero-order valence-corrected chi connectivity index (χ0v) is 6.48. The molecule has 0 radical (unpaired) electrons.